The van der Waals surface area contributed by atoms with Crippen LogP contribution in [0.1, 0.15) is 73.9 Å². The Labute approximate surface area is 202 Å². The van der Waals surface area contributed by atoms with Gasteiger partial charge in [-0.05, 0) is 43.7 Å². The van der Waals surface area contributed by atoms with Crippen molar-refractivity contribution in [2.45, 2.75) is 69.9 Å². The summed E-state index contributed by atoms with van der Waals surface area (Å²) < 4.78 is 0.362. The van der Waals surface area contributed by atoms with E-state index >= 15 is 0 Å². The first-order valence-corrected chi connectivity index (χ1v) is 12.8. The molecule has 2 aromatic rings. The molecule has 6 heteroatoms. The van der Waals surface area contributed by atoms with Gasteiger partial charge in [0.15, 0.2) is 0 Å². The highest BCUT2D eigenvalue weighted by Gasteiger charge is 2.68. The zero-order valence-corrected chi connectivity index (χ0v) is 20.1. The van der Waals surface area contributed by atoms with E-state index in [2.05, 4.69) is 23.5 Å². The van der Waals surface area contributed by atoms with Gasteiger partial charge < -0.3 is 10.4 Å². The molecule has 34 heavy (non-hydrogen) atoms. The van der Waals surface area contributed by atoms with Crippen LogP contribution in [-0.2, 0) is 23.2 Å². The number of nitriles is 1. The predicted octanol–water partition coefficient (Wildman–Crippen LogP) is 4.96. The molecule has 0 amide bonds. The van der Waals surface area contributed by atoms with E-state index in [1.807, 2.05) is 31.2 Å². The number of aromatic nitrogens is 1. The van der Waals surface area contributed by atoms with Crippen LogP contribution >= 0.6 is 0 Å². The fourth-order valence-electron chi connectivity index (χ4n) is 6.67. The van der Waals surface area contributed by atoms with E-state index in [1.165, 1.54) is 30.5 Å². The summed E-state index contributed by atoms with van der Waals surface area (Å²) >= 11 is 0. The van der Waals surface area contributed by atoms with Crippen LogP contribution in [0.5, 0.6) is 0 Å². The van der Waals surface area contributed by atoms with Crippen LogP contribution in [0.25, 0.3) is 0 Å². The van der Waals surface area contributed by atoms with Crippen LogP contribution in [0, 0.1) is 17.2 Å². The second-order valence-corrected chi connectivity index (χ2v) is 10.6. The van der Waals surface area contributed by atoms with Gasteiger partial charge in [-0.2, -0.15) is 5.26 Å². The number of quaternary nitrogens is 1. The summed E-state index contributed by atoms with van der Waals surface area (Å²) in [5, 5.41) is 23.6. The maximum absolute atomic E-state index is 12.3. The first-order chi connectivity index (χ1) is 16.5. The van der Waals surface area contributed by atoms with Gasteiger partial charge in [0.1, 0.15) is 11.9 Å². The van der Waals surface area contributed by atoms with E-state index in [0.717, 1.165) is 68.7 Å². The molecule has 5 rings (SSSR count). The molecule has 0 radical (unpaired) electrons. The fourth-order valence-corrected chi connectivity index (χ4v) is 6.67. The number of benzene rings is 1. The van der Waals surface area contributed by atoms with E-state index in [1.54, 1.807) is 0 Å². The van der Waals surface area contributed by atoms with E-state index in [4.69, 9.17) is 4.98 Å². The number of pyridine rings is 1. The molecule has 2 N–H and O–H groups in total. The summed E-state index contributed by atoms with van der Waals surface area (Å²) in [6, 6.07) is 14.0. The fraction of sp³-hybridized carbons (Fsp3) is 0.536. The van der Waals surface area contributed by atoms with Gasteiger partial charge >= 0.3 is 5.97 Å². The number of aliphatic carboxylic acids is 1. The maximum atomic E-state index is 12.3. The molecule has 3 aliphatic rings. The van der Waals surface area contributed by atoms with Crippen molar-refractivity contribution < 1.29 is 14.4 Å². The van der Waals surface area contributed by atoms with E-state index in [9.17, 15) is 15.2 Å². The molecular weight excluding hydrogens is 424 g/mol. The van der Waals surface area contributed by atoms with Gasteiger partial charge in [0.25, 0.3) is 0 Å². The minimum atomic E-state index is -0.809. The molecule has 3 aliphatic heterocycles. The molecule has 1 fully saturated rings. The predicted molar refractivity (Wildman–Crippen MR) is 131 cm³/mol. The number of carboxylic acids is 1. The standard InChI is InChI=1S/C28H34N4O2/c1-28(19-29)24-13-7-6-12-23(24)25(27(33)34)32(28)17-20(18-32)9-4-2-3-5-11-22-15-14-21-10-8-16-30-26(21)31-22/h6-7,12-15,20,25H,2-5,8-11,16-18H2,1H3,(H-,30,31,33,34)/p+1. The molecule has 0 aliphatic carbocycles. The number of anilines is 1. The number of hydrogen-bond acceptors (Lipinski definition) is 4. The number of unbranched alkanes of at least 4 members (excludes halogenated alkanes) is 3. The minimum absolute atomic E-state index is 0.362. The topological polar surface area (TPSA) is 86.0 Å². The van der Waals surface area contributed by atoms with Crippen LogP contribution in [0.4, 0.5) is 5.82 Å². The lowest BCUT2D eigenvalue weighted by Gasteiger charge is -2.56. The van der Waals surface area contributed by atoms with Crippen molar-refractivity contribution >= 4 is 11.8 Å². The Kier molecular flexibility index (Phi) is 6.07. The summed E-state index contributed by atoms with van der Waals surface area (Å²) in [7, 11) is 0. The molecule has 2 unspecified atom stereocenters. The van der Waals surface area contributed by atoms with Crippen LogP contribution in [0.3, 0.4) is 0 Å². The highest BCUT2D eigenvalue weighted by Crippen LogP contribution is 2.57. The molecule has 4 heterocycles. The third kappa shape index (κ3) is 3.67. The molecule has 0 saturated carbocycles. The van der Waals surface area contributed by atoms with Gasteiger partial charge in [0.2, 0.25) is 11.6 Å². The number of nitrogens with zero attached hydrogens (tertiary/aromatic N) is 3. The third-order valence-electron chi connectivity index (χ3n) is 8.53. The zero-order chi connectivity index (χ0) is 23.8. The molecule has 1 aromatic carbocycles. The van der Waals surface area contributed by atoms with Crippen molar-refractivity contribution in [3.05, 3.63) is 58.8 Å². The second-order valence-electron chi connectivity index (χ2n) is 10.6. The monoisotopic (exact) mass is 459 g/mol. The van der Waals surface area contributed by atoms with Gasteiger partial charge in [-0.1, -0.05) is 49.6 Å². The molecule has 1 saturated heterocycles. The summed E-state index contributed by atoms with van der Waals surface area (Å²) in [6.45, 7) is 4.52. The van der Waals surface area contributed by atoms with Gasteiger partial charge in [-0.15, -0.1) is 0 Å². The van der Waals surface area contributed by atoms with Crippen molar-refractivity contribution in [1.29, 1.82) is 5.26 Å². The number of fused-ring (bicyclic) bond motifs is 2. The van der Waals surface area contributed by atoms with Crippen molar-refractivity contribution in [2.75, 3.05) is 25.0 Å². The summed E-state index contributed by atoms with van der Waals surface area (Å²) in [5.74, 6) is 0.770. The van der Waals surface area contributed by atoms with Gasteiger partial charge in [0.05, 0.1) is 19.0 Å². The molecule has 1 aromatic heterocycles. The number of nitrogens with one attached hydrogen (secondary N) is 1. The van der Waals surface area contributed by atoms with Crippen molar-refractivity contribution in [2.24, 2.45) is 5.92 Å². The molecule has 2 atom stereocenters. The minimum Gasteiger partial charge on any atom is -0.477 e. The first-order valence-electron chi connectivity index (χ1n) is 12.8. The molecule has 6 nitrogen and oxygen atoms in total. The lowest BCUT2D eigenvalue weighted by molar-refractivity contribution is -1.03. The number of hydrogen-bond donors (Lipinski definition) is 2. The summed E-state index contributed by atoms with van der Waals surface area (Å²) in [6.07, 6.45) is 9.16. The Morgan fingerprint density at radius 2 is 2.00 bits per heavy atom. The molecular formula is C28H35N4O2+. The highest BCUT2D eigenvalue weighted by atomic mass is 16.4. The number of carboxylic acid groups (broad SMARTS) is 1. The van der Waals surface area contributed by atoms with Crippen LogP contribution in [0.2, 0.25) is 0 Å². The number of aryl methyl sites for hydroxylation is 2. The highest BCUT2D eigenvalue weighted by molar-refractivity contribution is 5.76. The molecule has 1 spiro atoms. The SMILES string of the molecule is CC1(C#N)c2ccccc2C(C(=O)O)[N+]12CC(CCCCCCc1ccc3c(n1)NCCC3)C2. The third-order valence-corrected chi connectivity index (χ3v) is 8.53. The first kappa shape index (κ1) is 22.9. The van der Waals surface area contributed by atoms with Crippen molar-refractivity contribution in [1.82, 2.24) is 4.98 Å². The number of rotatable bonds is 8. The molecule has 0 bridgehead atoms. The largest absolute Gasteiger partial charge is 0.477 e. The van der Waals surface area contributed by atoms with Crippen molar-refractivity contribution in [3.8, 4) is 6.07 Å². The Hall–Kier alpha value is -2.91. The van der Waals surface area contributed by atoms with Gasteiger partial charge in [0, 0.05) is 30.3 Å². The van der Waals surface area contributed by atoms with Crippen LogP contribution in [-0.4, -0.2) is 40.2 Å². The Morgan fingerprint density at radius 3 is 2.79 bits per heavy atom. The Bertz CT molecular complexity index is 1120. The van der Waals surface area contributed by atoms with Gasteiger partial charge in [-0.25, -0.2) is 9.78 Å². The van der Waals surface area contributed by atoms with E-state index in [-0.39, 0.29) is 0 Å². The smallest absolute Gasteiger partial charge is 0.367 e. The Morgan fingerprint density at radius 1 is 1.21 bits per heavy atom. The number of carbonyl (C=O) groups is 1. The maximum Gasteiger partial charge on any atom is 0.367 e. The van der Waals surface area contributed by atoms with E-state index < -0.39 is 17.6 Å². The van der Waals surface area contributed by atoms with Crippen LogP contribution < -0.4 is 5.32 Å². The average molecular weight is 460 g/mol. The van der Waals surface area contributed by atoms with E-state index in [0.29, 0.717) is 10.4 Å². The van der Waals surface area contributed by atoms with Crippen molar-refractivity contribution in [3.63, 3.8) is 0 Å². The second kappa shape index (κ2) is 9.03. The summed E-state index contributed by atoms with van der Waals surface area (Å²) in [5.41, 5.74) is 3.46. The van der Waals surface area contributed by atoms with Gasteiger partial charge in [-0.3, -0.25) is 4.48 Å². The van der Waals surface area contributed by atoms with Crippen LogP contribution in [0.15, 0.2) is 36.4 Å². The lowest BCUT2D eigenvalue weighted by Crippen LogP contribution is -2.70. The normalized spacial score (nSPS) is 28.9. The summed E-state index contributed by atoms with van der Waals surface area (Å²) in [4.78, 5) is 17.1. The zero-order valence-electron chi connectivity index (χ0n) is 20.1. The molecule has 178 valence electrons. The Balaban J connectivity index is 1.10. The lowest BCUT2D eigenvalue weighted by atomic mass is 9.82. The quantitative estimate of drug-likeness (QED) is 0.431. The average Bonchev–Trinajstić information content (AvgIpc) is 3.07.